The molecule has 3 nitrogen and oxygen atoms in total. The molecule has 0 bridgehead atoms. The van der Waals surface area contributed by atoms with E-state index in [9.17, 15) is 0 Å². The van der Waals surface area contributed by atoms with Crippen LogP contribution in [0.3, 0.4) is 0 Å². The number of nitrogens with zero attached hydrogens (tertiary/aromatic N) is 2. The van der Waals surface area contributed by atoms with Crippen molar-refractivity contribution in [2.75, 3.05) is 12.1 Å². The highest BCUT2D eigenvalue weighted by Gasteiger charge is 1.98. The highest BCUT2D eigenvalue weighted by molar-refractivity contribution is 5.80. The van der Waals surface area contributed by atoms with Gasteiger partial charge in [-0.2, -0.15) is 5.10 Å². The maximum atomic E-state index is 5.83. The zero-order valence-electron chi connectivity index (χ0n) is 14.9. The molecule has 0 heterocycles. The fourth-order valence-corrected chi connectivity index (χ4v) is 2.43. The van der Waals surface area contributed by atoms with Crippen LogP contribution >= 0.6 is 0 Å². The number of benzene rings is 3. The predicted octanol–water partition coefficient (Wildman–Crippen LogP) is 5.38. The second-order valence-electron chi connectivity index (χ2n) is 5.91. The van der Waals surface area contributed by atoms with Gasteiger partial charge in [-0.15, -0.1) is 0 Å². The van der Waals surface area contributed by atoms with Crippen molar-refractivity contribution in [2.45, 2.75) is 6.61 Å². The summed E-state index contributed by atoms with van der Waals surface area (Å²) >= 11 is 0. The van der Waals surface area contributed by atoms with Gasteiger partial charge >= 0.3 is 0 Å². The van der Waals surface area contributed by atoms with E-state index in [-0.39, 0.29) is 0 Å². The van der Waals surface area contributed by atoms with Crippen molar-refractivity contribution in [1.82, 2.24) is 0 Å². The lowest BCUT2D eigenvalue weighted by Crippen LogP contribution is -2.08. The molecule has 0 saturated carbocycles. The van der Waals surface area contributed by atoms with Crippen LogP contribution in [0, 0.1) is 0 Å². The van der Waals surface area contributed by atoms with Gasteiger partial charge in [0.05, 0.1) is 11.9 Å². The molecule has 0 aromatic heterocycles. The number of hydrogen-bond acceptors (Lipinski definition) is 3. The number of hydrazone groups is 1. The summed E-state index contributed by atoms with van der Waals surface area (Å²) in [5.41, 5.74) is 4.31. The Morgan fingerprint density at radius 3 is 2.19 bits per heavy atom. The molecule has 0 N–H and O–H groups in total. The van der Waals surface area contributed by atoms with Gasteiger partial charge in [-0.25, -0.2) is 0 Å². The van der Waals surface area contributed by atoms with Crippen molar-refractivity contribution in [3.63, 3.8) is 0 Å². The van der Waals surface area contributed by atoms with E-state index in [4.69, 9.17) is 4.74 Å². The summed E-state index contributed by atoms with van der Waals surface area (Å²) in [5, 5.41) is 6.31. The Kier molecular flexibility index (Phi) is 5.84. The first kappa shape index (κ1) is 17.5. The summed E-state index contributed by atoms with van der Waals surface area (Å²) in [4.78, 5) is 0. The molecule has 130 valence electrons. The summed E-state index contributed by atoms with van der Waals surface area (Å²) in [5.74, 6) is 0.839. The van der Waals surface area contributed by atoms with Crippen LogP contribution in [0.4, 0.5) is 5.69 Å². The molecule has 0 unspecified atom stereocenters. The molecule has 0 aliphatic carbocycles. The molecule has 0 aliphatic heterocycles. The van der Waals surface area contributed by atoms with E-state index >= 15 is 0 Å². The Morgan fingerprint density at radius 1 is 0.885 bits per heavy atom. The Bertz CT molecular complexity index is 853. The number of ether oxygens (including phenoxy) is 1. The van der Waals surface area contributed by atoms with Crippen molar-refractivity contribution in [3.8, 4) is 5.75 Å². The van der Waals surface area contributed by atoms with Gasteiger partial charge in [0.25, 0.3) is 0 Å². The number of rotatable bonds is 7. The largest absolute Gasteiger partial charge is 0.489 e. The first-order valence-electron chi connectivity index (χ1n) is 8.51. The summed E-state index contributed by atoms with van der Waals surface area (Å²) in [6, 6.07) is 26.1. The van der Waals surface area contributed by atoms with E-state index in [2.05, 4.69) is 23.8 Å². The summed E-state index contributed by atoms with van der Waals surface area (Å²) in [6.45, 7) is 4.30. The lowest BCUT2D eigenvalue weighted by atomic mass is 10.1. The molecule has 3 heteroatoms. The molecule has 0 saturated heterocycles. The van der Waals surface area contributed by atoms with E-state index in [0.717, 1.165) is 28.1 Å². The Hall–Kier alpha value is -3.33. The average molecular weight is 342 g/mol. The van der Waals surface area contributed by atoms with Crippen LogP contribution in [-0.2, 0) is 6.61 Å². The number of para-hydroxylation sites is 1. The zero-order chi connectivity index (χ0) is 18.2. The lowest BCUT2D eigenvalue weighted by molar-refractivity contribution is 0.306. The number of hydrogen-bond donors (Lipinski definition) is 0. The normalized spacial score (nSPS) is 10.7. The van der Waals surface area contributed by atoms with Gasteiger partial charge in [0.2, 0.25) is 0 Å². The van der Waals surface area contributed by atoms with Gasteiger partial charge in [-0.05, 0) is 53.1 Å². The summed E-state index contributed by atoms with van der Waals surface area (Å²) in [7, 11) is 1.93. The van der Waals surface area contributed by atoms with Crippen molar-refractivity contribution >= 4 is 18.0 Å². The monoisotopic (exact) mass is 342 g/mol. The minimum atomic E-state index is 0.543. The molecular weight excluding hydrogens is 320 g/mol. The fourth-order valence-electron chi connectivity index (χ4n) is 2.43. The Morgan fingerprint density at radius 2 is 1.54 bits per heavy atom. The van der Waals surface area contributed by atoms with Crippen LogP contribution in [0.15, 0.2) is 90.5 Å². The van der Waals surface area contributed by atoms with Gasteiger partial charge < -0.3 is 4.74 Å². The smallest absolute Gasteiger partial charge is 0.119 e. The Labute approximate surface area is 154 Å². The van der Waals surface area contributed by atoms with Crippen molar-refractivity contribution in [1.29, 1.82) is 0 Å². The molecule has 0 atom stereocenters. The topological polar surface area (TPSA) is 24.8 Å². The van der Waals surface area contributed by atoms with E-state index < -0.39 is 0 Å². The second-order valence-corrected chi connectivity index (χ2v) is 5.91. The Balaban J connectivity index is 1.56. The summed E-state index contributed by atoms with van der Waals surface area (Å²) in [6.07, 6.45) is 3.67. The molecule has 0 aliphatic rings. The average Bonchev–Trinajstić information content (AvgIpc) is 2.72. The van der Waals surface area contributed by atoms with E-state index in [1.165, 1.54) is 0 Å². The standard InChI is InChI=1S/C23H22N2O/c1-3-19-9-11-21(12-10-19)18-26-23-15-13-20(14-16-23)17-24-25(2)22-7-5-4-6-8-22/h3-17H,1,18H2,2H3. The van der Waals surface area contributed by atoms with Gasteiger partial charge in [0, 0.05) is 7.05 Å². The lowest BCUT2D eigenvalue weighted by Gasteiger charge is -2.12. The minimum absolute atomic E-state index is 0.543. The third-order valence-corrected chi connectivity index (χ3v) is 4.01. The van der Waals surface area contributed by atoms with E-state index in [1.807, 2.05) is 91.1 Å². The molecule has 26 heavy (non-hydrogen) atoms. The molecule has 0 fully saturated rings. The van der Waals surface area contributed by atoms with Crippen LogP contribution in [0.1, 0.15) is 16.7 Å². The molecule has 0 spiro atoms. The zero-order valence-corrected chi connectivity index (χ0v) is 14.9. The third-order valence-electron chi connectivity index (χ3n) is 4.01. The van der Waals surface area contributed by atoms with E-state index in [0.29, 0.717) is 6.61 Å². The van der Waals surface area contributed by atoms with Crippen molar-refractivity contribution in [2.24, 2.45) is 5.10 Å². The number of anilines is 1. The molecule has 3 rings (SSSR count). The molecule has 0 radical (unpaired) electrons. The van der Waals surface area contributed by atoms with Gasteiger partial charge in [-0.1, -0.05) is 55.1 Å². The van der Waals surface area contributed by atoms with Gasteiger partial charge in [0.15, 0.2) is 0 Å². The highest BCUT2D eigenvalue weighted by Crippen LogP contribution is 2.15. The van der Waals surface area contributed by atoms with Crippen LogP contribution in [0.5, 0.6) is 5.75 Å². The van der Waals surface area contributed by atoms with Crippen LogP contribution in [0.25, 0.3) is 6.08 Å². The SMILES string of the molecule is C=Cc1ccc(COc2ccc(C=NN(C)c3ccccc3)cc2)cc1. The van der Waals surface area contributed by atoms with Gasteiger partial charge in [-0.3, -0.25) is 5.01 Å². The molecule has 3 aromatic rings. The van der Waals surface area contributed by atoms with Crippen molar-refractivity contribution < 1.29 is 4.74 Å². The summed E-state index contributed by atoms with van der Waals surface area (Å²) < 4.78 is 5.83. The maximum absolute atomic E-state index is 5.83. The molecular formula is C23H22N2O. The quantitative estimate of drug-likeness (QED) is 0.425. The first-order chi connectivity index (χ1) is 12.7. The maximum Gasteiger partial charge on any atom is 0.119 e. The minimum Gasteiger partial charge on any atom is -0.489 e. The fraction of sp³-hybridized carbons (Fsp3) is 0.0870. The molecule has 0 amide bonds. The highest BCUT2D eigenvalue weighted by atomic mass is 16.5. The van der Waals surface area contributed by atoms with Crippen LogP contribution in [-0.4, -0.2) is 13.3 Å². The van der Waals surface area contributed by atoms with Crippen LogP contribution < -0.4 is 9.75 Å². The van der Waals surface area contributed by atoms with Crippen LogP contribution in [0.2, 0.25) is 0 Å². The first-order valence-corrected chi connectivity index (χ1v) is 8.51. The molecule has 3 aromatic carbocycles. The van der Waals surface area contributed by atoms with Gasteiger partial charge in [0.1, 0.15) is 12.4 Å². The van der Waals surface area contributed by atoms with Crippen molar-refractivity contribution in [3.05, 3.63) is 102 Å². The second kappa shape index (κ2) is 8.67. The predicted molar refractivity (Wildman–Crippen MR) is 110 cm³/mol. The third kappa shape index (κ3) is 4.84. The van der Waals surface area contributed by atoms with E-state index in [1.54, 1.807) is 0 Å².